The van der Waals surface area contributed by atoms with Crippen LogP contribution in [0.5, 0.6) is 0 Å². The molecule has 2 aromatic heterocycles. The molecule has 1 N–H and O–H groups in total. The van der Waals surface area contributed by atoms with E-state index in [4.69, 9.17) is 4.98 Å². The number of aromatic nitrogens is 2. The fourth-order valence-electron chi connectivity index (χ4n) is 4.45. The van der Waals surface area contributed by atoms with Crippen LogP contribution in [0.25, 0.3) is 11.3 Å². The zero-order valence-electron chi connectivity index (χ0n) is 17.9. The minimum atomic E-state index is -4.45. The van der Waals surface area contributed by atoms with Gasteiger partial charge in [-0.05, 0) is 61.7 Å². The number of carbonyl (C=O) groups excluding carboxylic acids is 1. The Bertz CT molecular complexity index is 1200. The summed E-state index contributed by atoms with van der Waals surface area (Å²) in [6.07, 6.45) is -1.25. The van der Waals surface area contributed by atoms with Gasteiger partial charge < -0.3 is 4.90 Å². The number of nitrogens with zero attached hydrogens (tertiary/aromatic N) is 4. The Morgan fingerprint density at radius 3 is 2.61 bits per heavy atom. The van der Waals surface area contributed by atoms with Crippen molar-refractivity contribution in [2.24, 2.45) is 0 Å². The average Bonchev–Trinajstić information content (AvgIpc) is 3.04. The molecule has 33 heavy (non-hydrogen) atoms. The van der Waals surface area contributed by atoms with Crippen LogP contribution in [-0.4, -0.2) is 35.1 Å². The lowest BCUT2D eigenvalue weighted by Crippen LogP contribution is -2.46. The number of amides is 2. The summed E-state index contributed by atoms with van der Waals surface area (Å²) in [5, 5.41) is 2.86. The van der Waals surface area contributed by atoms with Crippen molar-refractivity contribution in [3.8, 4) is 11.3 Å². The number of pyridine rings is 2. The maximum Gasteiger partial charge on any atom is 0.416 e. The summed E-state index contributed by atoms with van der Waals surface area (Å²) in [5.74, 6) is 0.893. The number of halogens is 3. The summed E-state index contributed by atoms with van der Waals surface area (Å²) < 4.78 is 39.7. The van der Waals surface area contributed by atoms with Crippen LogP contribution in [0.15, 0.2) is 54.7 Å². The van der Waals surface area contributed by atoms with Crippen molar-refractivity contribution in [2.45, 2.75) is 32.0 Å². The molecule has 3 aromatic rings. The molecule has 0 aliphatic carbocycles. The Labute approximate surface area is 189 Å². The third-order valence-corrected chi connectivity index (χ3v) is 6.11. The highest BCUT2D eigenvalue weighted by Gasteiger charge is 2.37. The van der Waals surface area contributed by atoms with E-state index in [0.717, 1.165) is 49.3 Å². The number of aryl methyl sites for hydroxylation is 1. The van der Waals surface area contributed by atoms with E-state index < -0.39 is 11.7 Å². The van der Waals surface area contributed by atoms with Gasteiger partial charge in [0.05, 0.1) is 16.9 Å². The van der Waals surface area contributed by atoms with E-state index in [0.29, 0.717) is 22.9 Å². The molecular weight excluding hydrogens is 431 g/mol. The van der Waals surface area contributed by atoms with Gasteiger partial charge in [-0.3, -0.25) is 10.2 Å². The third-order valence-electron chi connectivity index (χ3n) is 6.11. The van der Waals surface area contributed by atoms with E-state index in [-0.39, 0.29) is 12.1 Å². The van der Waals surface area contributed by atoms with Gasteiger partial charge in [-0.15, -0.1) is 0 Å². The smallest absolute Gasteiger partial charge is 0.368 e. The molecule has 0 saturated carbocycles. The number of carbonyl (C=O) groups is 1. The van der Waals surface area contributed by atoms with Crippen molar-refractivity contribution in [2.75, 3.05) is 28.2 Å². The highest BCUT2D eigenvalue weighted by Crippen LogP contribution is 2.40. The van der Waals surface area contributed by atoms with Gasteiger partial charge in [0.25, 0.3) is 0 Å². The maximum absolute atomic E-state index is 13.4. The lowest BCUT2D eigenvalue weighted by Gasteiger charge is -2.31. The first-order chi connectivity index (χ1) is 15.8. The van der Waals surface area contributed by atoms with Crippen LogP contribution < -0.4 is 15.1 Å². The Kier molecular flexibility index (Phi) is 5.19. The lowest BCUT2D eigenvalue weighted by molar-refractivity contribution is -0.137. The largest absolute Gasteiger partial charge is 0.416 e. The van der Waals surface area contributed by atoms with Crippen molar-refractivity contribution < 1.29 is 18.0 Å². The molecule has 0 spiro atoms. The predicted octanol–water partition coefficient (Wildman–Crippen LogP) is 5.49. The predicted molar refractivity (Wildman–Crippen MR) is 120 cm³/mol. The van der Waals surface area contributed by atoms with Crippen LogP contribution in [-0.2, 0) is 6.18 Å². The van der Waals surface area contributed by atoms with Crippen LogP contribution in [0.3, 0.4) is 0 Å². The van der Waals surface area contributed by atoms with Gasteiger partial charge in [0.15, 0.2) is 5.82 Å². The van der Waals surface area contributed by atoms with Gasteiger partial charge in [0, 0.05) is 30.9 Å². The number of anilines is 3. The second-order valence-electron chi connectivity index (χ2n) is 8.35. The van der Waals surface area contributed by atoms with Crippen LogP contribution in [0.2, 0.25) is 0 Å². The molecule has 2 amide bonds. The van der Waals surface area contributed by atoms with Gasteiger partial charge >= 0.3 is 12.2 Å². The molecule has 0 unspecified atom stereocenters. The summed E-state index contributed by atoms with van der Waals surface area (Å²) >= 11 is 0. The van der Waals surface area contributed by atoms with Crippen LogP contribution in [0, 0.1) is 6.92 Å². The SMILES string of the molecule is Cc1ccnc(NC(=O)N2c3nc(-c4cccc(C(F)(F)F)c4)ccc3N3CCC2CC3)c1. The first-order valence-corrected chi connectivity index (χ1v) is 10.8. The quantitative estimate of drug-likeness (QED) is 0.557. The Morgan fingerprint density at radius 2 is 1.88 bits per heavy atom. The molecule has 1 fully saturated rings. The van der Waals surface area contributed by atoms with E-state index in [2.05, 4.69) is 15.2 Å². The monoisotopic (exact) mass is 453 g/mol. The number of benzene rings is 1. The molecule has 0 atom stereocenters. The van der Waals surface area contributed by atoms with Crippen molar-refractivity contribution in [3.05, 3.63) is 65.9 Å². The number of alkyl halides is 3. The summed E-state index contributed by atoms with van der Waals surface area (Å²) in [6, 6.07) is 11.9. The van der Waals surface area contributed by atoms with Crippen molar-refractivity contribution >= 4 is 23.4 Å². The number of hydrogen-bond donors (Lipinski definition) is 1. The Morgan fingerprint density at radius 1 is 1.09 bits per heavy atom. The van der Waals surface area contributed by atoms with Crippen molar-refractivity contribution in [1.29, 1.82) is 0 Å². The van der Waals surface area contributed by atoms with Crippen LogP contribution >= 0.6 is 0 Å². The molecule has 170 valence electrons. The normalized spacial score (nSPS) is 15.9. The molecule has 5 heterocycles. The fraction of sp³-hybridized carbons (Fsp3) is 0.292. The Balaban J connectivity index is 1.55. The van der Waals surface area contributed by atoms with Gasteiger partial charge in [-0.1, -0.05) is 12.1 Å². The van der Waals surface area contributed by atoms with E-state index in [9.17, 15) is 18.0 Å². The van der Waals surface area contributed by atoms with E-state index in [1.165, 1.54) is 6.07 Å². The van der Waals surface area contributed by atoms with Gasteiger partial charge in [-0.2, -0.15) is 13.2 Å². The summed E-state index contributed by atoms with van der Waals surface area (Å²) in [7, 11) is 0. The van der Waals surface area contributed by atoms with Crippen molar-refractivity contribution in [3.63, 3.8) is 0 Å². The number of fused-ring (bicyclic) bond motifs is 2. The average molecular weight is 453 g/mol. The fourth-order valence-corrected chi connectivity index (χ4v) is 4.45. The molecule has 2 bridgehead atoms. The van der Waals surface area contributed by atoms with Gasteiger partial charge in [-0.25, -0.2) is 14.8 Å². The van der Waals surface area contributed by atoms with Crippen molar-refractivity contribution in [1.82, 2.24) is 9.97 Å². The number of rotatable bonds is 2. The number of piperidine rings is 1. The second kappa shape index (κ2) is 8.06. The van der Waals surface area contributed by atoms with E-state index >= 15 is 0 Å². The van der Waals surface area contributed by atoms with Gasteiger partial charge in [0.1, 0.15) is 5.82 Å². The highest BCUT2D eigenvalue weighted by atomic mass is 19.4. The lowest BCUT2D eigenvalue weighted by atomic mass is 10.1. The minimum Gasteiger partial charge on any atom is -0.368 e. The van der Waals surface area contributed by atoms with Crippen LogP contribution in [0.1, 0.15) is 24.0 Å². The minimum absolute atomic E-state index is 0.0587. The van der Waals surface area contributed by atoms with Gasteiger partial charge in [0.2, 0.25) is 0 Å². The number of urea groups is 1. The maximum atomic E-state index is 13.4. The summed E-state index contributed by atoms with van der Waals surface area (Å²) in [5.41, 5.74) is 1.76. The molecule has 1 aromatic carbocycles. The molecular formula is C24H22F3N5O. The molecule has 9 heteroatoms. The molecule has 3 aliphatic rings. The highest BCUT2D eigenvalue weighted by molar-refractivity contribution is 6.03. The standard InChI is InChI=1S/C24H22F3N5O/c1-15-7-10-28-21(13-15)30-23(33)32-18-8-11-31(12-9-18)20-6-5-19(29-22(20)32)16-3-2-4-17(14-16)24(25,26)27/h2-7,10,13-14,18H,8-9,11-12H2,1H3,(H,28,30,33). The number of nitrogens with one attached hydrogen (secondary N) is 1. The first-order valence-electron chi connectivity index (χ1n) is 10.8. The first kappa shape index (κ1) is 21.2. The Hall–Kier alpha value is -3.62. The topological polar surface area (TPSA) is 61.4 Å². The summed E-state index contributed by atoms with van der Waals surface area (Å²) in [6.45, 7) is 3.49. The second-order valence-corrected chi connectivity index (χ2v) is 8.35. The molecule has 0 radical (unpaired) electrons. The zero-order valence-corrected chi connectivity index (χ0v) is 17.9. The number of hydrogen-bond acceptors (Lipinski definition) is 4. The summed E-state index contributed by atoms with van der Waals surface area (Å²) in [4.78, 5) is 26.1. The third kappa shape index (κ3) is 4.10. The molecule has 6 rings (SSSR count). The van der Waals surface area contributed by atoms with E-state index in [1.807, 2.05) is 19.1 Å². The molecule has 3 aliphatic heterocycles. The molecule has 6 nitrogen and oxygen atoms in total. The molecule has 1 saturated heterocycles. The van der Waals surface area contributed by atoms with Crippen LogP contribution in [0.4, 0.5) is 35.3 Å². The zero-order chi connectivity index (χ0) is 23.2. The van der Waals surface area contributed by atoms with E-state index in [1.54, 1.807) is 29.3 Å².